The molecule has 0 bridgehead atoms. The van der Waals surface area contributed by atoms with Gasteiger partial charge in [-0.2, -0.15) is 0 Å². The molecule has 1 aromatic heterocycles. The molecular weight excluding hydrogens is 342 g/mol. The minimum Gasteiger partial charge on any atom is -0.465 e. The van der Waals surface area contributed by atoms with Gasteiger partial charge in [-0.15, -0.1) is 0 Å². The molecule has 2 aliphatic heterocycles. The highest BCUT2D eigenvalue weighted by Gasteiger charge is 2.50. The van der Waals surface area contributed by atoms with Gasteiger partial charge >= 0.3 is 0 Å². The second-order valence-corrected chi connectivity index (χ2v) is 7.62. The van der Waals surface area contributed by atoms with Crippen LogP contribution in [0, 0.1) is 6.92 Å². The Balaban J connectivity index is 1.58. The summed E-state index contributed by atoms with van der Waals surface area (Å²) in [6, 6.07) is 13.7. The van der Waals surface area contributed by atoms with Crippen molar-refractivity contribution in [2.75, 3.05) is 31.1 Å². The zero-order chi connectivity index (χ0) is 19.0. The SMILES string of the molecule is CC(=O)N1CC(=O)N(c2ccccc2)C[C@@]12CCN(Cc1ccc(C)o1)C2. The molecule has 27 heavy (non-hydrogen) atoms. The number of benzene rings is 1. The minimum absolute atomic E-state index is 0.0258. The zero-order valence-electron chi connectivity index (χ0n) is 15.9. The fraction of sp³-hybridized carbons (Fsp3) is 0.429. The number of amides is 2. The van der Waals surface area contributed by atoms with E-state index in [1.165, 1.54) is 0 Å². The van der Waals surface area contributed by atoms with Gasteiger partial charge in [-0.05, 0) is 37.6 Å². The Morgan fingerprint density at radius 2 is 1.93 bits per heavy atom. The third-order valence-electron chi connectivity index (χ3n) is 5.65. The molecule has 2 fully saturated rings. The van der Waals surface area contributed by atoms with Crippen LogP contribution in [-0.2, 0) is 16.1 Å². The standard InChI is InChI=1S/C21H25N3O3/c1-16-8-9-19(27-16)12-22-11-10-21(14-22)15-23(18-6-4-3-5-7-18)20(26)13-24(21)17(2)25/h3-9H,10-15H2,1-2H3/t21-/m0/s1. The highest BCUT2D eigenvalue weighted by atomic mass is 16.3. The summed E-state index contributed by atoms with van der Waals surface area (Å²) in [6.45, 7) is 6.51. The van der Waals surface area contributed by atoms with Crippen LogP contribution in [0.3, 0.4) is 0 Å². The lowest BCUT2D eigenvalue weighted by atomic mass is 9.91. The molecule has 4 rings (SSSR count). The summed E-state index contributed by atoms with van der Waals surface area (Å²) in [5.41, 5.74) is 0.544. The molecule has 0 N–H and O–H groups in total. The third-order valence-corrected chi connectivity index (χ3v) is 5.65. The van der Waals surface area contributed by atoms with Crippen molar-refractivity contribution < 1.29 is 14.0 Å². The number of para-hydroxylation sites is 1. The van der Waals surface area contributed by atoms with Crippen LogP contribution in [0.5, 0.6) is 0 Å². The van der Waals surface area contributed by atoms with Crippen LogP contribution in [0.4, 0.5) is 5.69 Å². The van der Waals surface area contributed by atoms with Crippen molar-refractivity contribution >= 4 is 17.5 Å². The molecule has 142 valence electrons. The van der Waals surface area contributed by atoms with Crippen molar-refractivity contribution in [2.45, 2.75) is 32.4 Å². The van der Waals surface area contributed by atoms with Crippen LogP contribution >= 0.6 is 0 Å². The van der Waals surface area contributed by atoms with Gasteiger partial charge in [-0.25, -0.2) is 0 Å². The van der Waals surface area contributed by atoms with Gasteiger partial charge in [0.2, 0.25) is 11.8 Å². The number of anilines is 1. The molecule has 1 aromatic carbocycles. The Kier molecular flexibility index (Phi) is 4.52. The predicted octanol–water partition coefficient (Wildman–Crippen LogP) is 2.43. The van der Waals surface area contributed by atoms with E-state index in [0.717, 1.165) is 43.3 Å². The summed E-state index contributed by atoms with van der Waals surface area (Å²) < 4.78 is 5.72. The van der Waals surface area contributed by atoms with Gasteiger partial charge in [0.25, 0.3) is 0 Å². The van der Waals surface area contributed by atoms with Crippen molar-refractivity contribution in [1.82, 2.24) is 9.80 Å². The normalized spacial score (nSPS) is 23.4. The molecule has 6 nitrogen and oxygen atoms in total. The Morgan fingerprint density at radius 1 is 1.15 bits per heavy atom. The number of furan rings is 1. The van der Waals surface area contributed by atoms with E-state index in [0.29, 0.717) is 6.54 Å². The number of rotatable bonds is 3. The second-order valence-electron chi connectivity index (χ2n) is 7.62. The van der Waals surface area contributed by atoms with Crippen molar-refractivity contribution in [1.29, 1.82) is 0 Å². The average Bonchev–Trinajstić information content (AvgIpc) is 3.24. The lowest BCUT2D eigenvalue weighted by Crippen LogP contribution is -2.66. The van der Waals surface area contributed by atoms with Crippen molar-refractivity contribution in [3.05, 3.63) is 54.0 Å². The quantitative estimate of drug-likeness (QED) is 0.836. The highest BCUT2D eigenvalue weighted by Crippen LogP contribution is 2.35. The lowest BCUT2D eigenvalue weighted by Gasteiger charge is -2.48. The molecule has 2 aliphatic rings. The number of piperazine rings is 1. The molecule has 6 heteroatoms. The molecule has 1 atom stereocenters. The zero-order valence-corrected chi connectivity index (χ0v) is 15.9. The van der Waals surface area contributed by atoms with Crippen molar-refractivity contribution in [2.24, 2.45) is 0 Å². The number of aryl methyl sites for hydroxylation is 1. The third kappa shape index (κ3) is 3.37. The fourth-order valence-corrected chi connectivity index (χ4v) is 4.36. The number of nitrogens with zero attached hydrogens (tertiary/aromatic N) is 3. The number of carbonyl (C=O) groups excluding carboxylic acids is 2. The molecule has 0 aliphatic carbocycles. The number of carbonyl (C=O) groups is 2. The van der Waals surface area contributed by atoms with Gasteiger partial charge in [0.05, 0.1) is 18.6 Å². The number of likely N-dealkylation sites (tertiary alicyclic amines) is 1. The summed E-state index contributed by atoms with van der Waals surface area (Å²) in [7, 11) is 0. The predicted molar refractivity (Wildman–Crippen MR) is 102 cm³/mol. The van der Waals surface area contributed by atoms with Crippen LogP contribution in [0.25, 0.3) is 0 Å². The summed E-state index contributed by atoms with van der Waals surface area (Å²) in [5.74, 6) is 1.78. The molecule has 2 amide bonds. The number of hydrogen-bond donors (Lipinski definition) is 0. The van der Waals surface area contributed by atoms with E-state index < -0.39 is 0 Å². The van der Waals surface area contributed by atoms with E-state index in [1.807, 2.05) is 54.3 Å². The second kappa shape index (κ2) is 6.85. The summed E-state index contributed by atoms with van der Waals surface area (Å²) in [4.78, 5) is 31.0. The maximum absolute atomic E-state index is 12.7. The first-order chi connectivity index (χ1) is 13.0. The molecule has 2 saturated heterocycles. The van der Waals surface area contributed by atoms with E-state index in [-0.39, 0.29) is 23.9 Å². The molecule has 2 aromatic rings. The lowest BCUT2D eigenvalue weighted by molar-refractivity contribution is -0.142. The van der Waals surface area contributed by atoms with Gasteiger partial charge < -0.3 is 14.2 Å². The van der Waals surface area contributed by atoms with E-state index in [1.54, 1.807) is 11.8 Å². The molecule has 1 spiro atoms. The minimum atomic E-state index is -0.350. The largest absolute Gasteiger partial charge is 0.465 e. The van der Waals surface area contributed by atoms with Gasteiger partial charge in [-0.3, -0.25) is 14.5 Å². The first-order valence-corrected chi connectivity index (χ1v) is 9.38. The van der Waals surface area contributed by atoms with Gasteiger partial charge in [0.1, 0.15) is 18.1 Å². The van der Waals surface area contributed by atoms with Crippen LogP contribution in [0.1, 0.15) is 24.9 Å². The molecule has 0 radical (unpaired) electrons. The molecule has 0 saturated carbocycles. The van der Waals surface area contributed by atoms with E-state index in [9.17, 15) is 9.59 Å². The Hall–Kier alpha value is -2.60. The first-order valence-electron chi connectivity index (χ1n) is 9.38. The summed E-state index contributed by atoms with van der Waals surface area (Å²) in [5, 5.41) is 0. The topological polar surface area (TPSA) is 57.0 Å². The van der Waals surface area contributed by atoms with Gasteiger partial charge in [-0.1, -0.05) is 18.2 Å². The van der Waals surface area contributed by atoms with Crippen molar-refractivity contribution in [3.8, 4) is 0 Å². The monoisotopic (exact) mass is 367 g/mol. The smallest absolute Gasteiger partial charge is 0.246 e. The fourth-order valence-electron chi connectivity index (χ4n) is 4.36. The van der Waals surface area contributed by atoms with E-state index >= 15 is 0 Å². The Morgan fingerprint density at radius 3 is 2.59 bits per heavy atom. The first kappa shape index (κ1) is 17.8. The van der Waals surface area contributed by atoms with Gasteiger partial charge in [0.15, 0.2) is 0 Å². The van der Waals surface area contributed by atoms with E-state index in [4.69, 9.17) is 4.42 Å². The maximum Gasteiger partial charge on any atom is 0.246 e. The van der Waals surface area contributed by atoms with Crippen LogP contribution in [-0.4, -0.2) is 53.3 Å². The molecule has 0 unspecified atom stereocenters. The van der Waals surface area contributed by atoms with Crippen LogP contribution in [0.15, 0.2) is 46.9 Å². The average molecular weight is 367 g/mol. The summed E-state index contributed by atoms with van der Waals surface area (Å²) >= 11 is 0. The number of hydrogen-bond acceptors (Lipinski definition) is 4. The van der Waals surface area contributed by atoms with Crippen molar-refractivity contribution in [3.63, 3.8) is 0 Å². The molecular formula is C21H25N3O3. The maximum atomic E-state index is 12.7. The Labute approximate surface area is 159 Å². The van der Waals surface area contributed by atoms with Gasteiger partial charge in [0, 0.05) is 25.7 Å². The van der Waals surface area contributed by atoms with Crippen LogP contribution < -0.4 is 4.90 Å². The Bertz CT molecular complexity index is 847. The molecule has 3 heterocycles. The van der Waals surface area contributed by atoms with E-state index in [2.05, 4.69) is 4.90 Å². The highest BCUT2D eigenvalue weighted by molar-refractivity contribution is 5.98. The van der Waals surface area contributed by atoms with Crippen LogP contribution in [0.2, 0.25) is 0 Å². The summed E-state index contributed by atoms with van der Waals surface area (Å²) in [6.07, 6.45) is 0.850.